The molecule has 0 heterocycles. The van der Waals surface area contributed by atoms with Crippen LogP contribution in [0.4, 0.5) is 0 Å². The Balaban J connectivity index is 2.61. The second kappa shape index (κ2) is 9.89. The number of nitrogens with zero attached hydrogens (tertiary/aromatic N) is 1. The first-order valence-electron chi connectivity index (χ1n) is 10.2. The van der Waals surface area contributed by atoms with E-state index in [4.69, 9.17) is 4.74 Å². The van der Waals surface area contributed by atoms with Crippen LogP contribution < -0.4 is 4.74 Å². The van der Waals surface area contributed by atoms with Crippen molar-refractivity contribution in [1.29, 1.82) is 5.26 Å². The molecule has 0 aliphatic carbocycles. The highest BCUT2D eigenvalue weighted by atomic mass is 32.2. The highest BCUT2D eigenvalue weighted by Gasteiger charge is 2.33. The molecule has 6 nitrogen and oxygen atoms in total. The summed E-state index contributed by atoms with van der Waals surface area (Å²) in [7, 11) is -3.40. The molecule has 0 saturated carbocycles. The van der Waals surface area contributed by atoms with E-state index in [0.717, 1.165) is 24.7 Å². The quantitative estimate of drug-likeness (QED) is 0.658. The molecule has 7 heteroatoms. The van der Waals surface area contributed by atoms with Gasteiger partial charge in [-0.15, -0.1) is 0 Å². The van der Waals surface area contributed by atoms with E-state index in [1.54, 1.807) is 32.9 Å². The number of carboxylic acid groups (broad SMARTS) is 1. The molecule has 0 saturated heterocycles. The van der Waals surface area contributed by atoms with Gasteiger partial charge in [-0.2, -0.15) is 5.26 Å². The van der Waals surface area contributed by atoms with Crippen LogP contribution in [0.1, 0.15) is 56.4 Å². The molecule has 2 aromatic carbocycles. The summed E-state index contributed by atoms with van der Waals surface area (Å²) >= 11 is 0. The van der Waals surface area contributed by atoms with Gasteiger partial charge < -0.3 is 9.84 Å². The minimum atomic E-state index is -3.40. The third-order valence-electron chi connectivity index (χ3n) is 4.73. The van der Waals surface area contributed by atoms with E-state index in [1.165, 1.54) is 24.3 Å². The molecule has 1 unspecified atom stereocenters. The molecule has 1 atom stereocenters. The number of carbonyl (C=O) groups is 1. The van der Waals surface area contributed by atoms with Gasteiger partial charge in [-0.1, -0.05) is 52.0 Å². The smallest absolute Gasteiger partial charge is 0.345 e. The average molecular weight is 454 g/mol. The van der Waals surface area contributed by atoms with E-state index >= 15 is 0 Å². The van der Waals surface area contributed by atoms with Crippen LogP contribution in [0.3, 0.4) is 0 Å². The molecule has 1 N–H and O–H groups in total. The third-order valence-corrected chi connectivity index (χ3v) is 5.84. The van der Waals surface area contributed by atoms with Crippen LogP contribution in [0.2, 0.25) is 0 Å². The number of hydrogen-bond donors (Lipinski definition) is 1. The Kier molecular flexibility index (Phi) is 7.72. The summed E-state index contributed by atoms with van der Waals surface area (Å²) in [4.78, 5) is 11.9. The maximum Gasteiger partial charge on any atom is 0.345 e. The van der Waals surface area contributed by atoms with Crippen molar-refractivity contribution in [2.45, 2.75) is 51.5 Å². The van der Waals surface area contributed by atoms with Gasteiger partial charge in [0.2, 0.25) is 0 Å². The highest BCUT2D eigenvalue weighted by molar-refractivity contribution is 7.90. The number of carboxylic acids is 1. The molecule has 0 spiro atoms. The largest absolute Gasteiger partial charge is 0.478 e. The summed E-state index contributed by atoms with van der Waals surface area (Å²) in [6, 6.07) is 11.5. The van der Waals surface area contributed by atoms with Gasteiger partial charge in [-0.05, 0) is 42.3 Å². The normalized spacial score (nSPS) is 12.2. The molecule has 0 radical (unpaired) electrons. The van der Waals surface area contributed by atoms with Crippen LogP contribution in [-0.4, -0.2) is 31.9 Å². The lowest BCUT2D eigenvalue weighted by Gasteiger charge is -2.28. The van der Waals surface area contributed by atoms with Gasteiger partial charge in [0, 0.05) is 17.2 Å². The lowest BCUT2D eigenvalue weighted by molar-refractivity contribution is -0.150. The summed E-state index contributed by atoms with van der Waals surface area (Å²) < 4.78 is 29.8. The monoisotopic (exact) mass is 453 g/mol. The van der Waals surface area contributed by atoms with Crippen molar-refractivity contribution in [3.63, 3.8) is 0 Å². The average Bonchev–Trinajstić information content (AvgIpc) is 2.69. The Hall–Kier alpha value is -3.29. The predicted molar refractivity (Wildman–Crippen MR) is 122 cm³/mol. The van der Waals surface area contributed by atoms with Crippen LogP contribution in [-0.2, 0) is 21.1 Å². The first kappa shape index (κ1) is 25.0. The fourth-order valence-electron chi connectivity index (χ4n) is 3.05. The number of benzene rings is 2. The number of nitriles is 1. The van der Waals surface area contributed by atoms with E-state index < -0.39 is 27.3 Å². The van der Waals surface area contributed by atoms with Crippen LogP contribution >= 0.6 is 0 Å². The fraction of sp³-hybridized carbons (Fsp3) is 0.360. The first-order chi connectivity index (χ1) is 14.9. The van der Waals surface area contributed by atoms with Crippen LogP contribution in [0.15, 0.2) is 41.3 Å². The number of aliphatic carboxylic acids is 1. The maximum absolute atomic E-state index is 12.0. The topological polar surface area (TPSA) is 104 Å². The van der Waals surface area contributed by atoms with Crippen LogP contribution in [0.25, 0.3) is 0 Å². The SMILES string of the molecule is CCCc1ccc(S(C)(=O)=O)cc1C#Cc1cc(C#N)ccc1OC(C(=O)O)C(C)(C)C. The van der Waals surface area contributed by atoms with Gasteiger partial charge in [0.05, 0.1) is 22.1 Å². The van der Waals surface area contributed by atoms with Crippen molar-refractivity contribution < 1.29 is 23.1 Å². The molecular weight excluding hydrogens is 426 g/mol. The van der Waals surface area contributed by atoms with Crippen molar-refractivity contribution in [1.82, 2.24) is 0 Å². The molecule has 0 aliphatic heterocycles. The van der Waals surface area contributed by atoms with Crippen molar-refractivity contribution in [3.05, 3.63) is 58.7 Å². The fourth-order valence-corrected chi connectivity index (χ4v) is 3.70. The van der Waals surface area contributed by atoms with Crippen LogP contribution in [0, 0.1) is 28.6 Å². The molecule has 2 rings (SSSR count). The lowest BCUT2D eigenvalue weighted by atomic mass is 9.89. The van der Waals surface area contributed by atoms with E-state index in [-0.39, 0.29) is 10.6 Å². The first-order valence-corrected chi connectivity index (χ1v) is 12.0. The Bertz CT molecular complexity index is 1220. The van der Waals surface area contributed by atoms with Gasteiger partial charge in [-0.3, -0.25) is 0 Å². The van der Waals surface area contributed by atoms with Crippen molar-refractivity contribution >= 4 is 15.8 Å². The summed E-state index contributed by atoms with van der Waals surface area (Å²) in [5.41, 5.74) is 1.50. The zero-order valence-corrected chi connectivity index (χ0v) is 19.7. The Morgan fingerprint density at radius 2 is 1.78 bits per heavy atom. The Morgan fingerprint density at radius 1 is 1.12 bits per heavy atom. The van der Waals surface area contributed by atoms with Crippen LogP contribution in [0.5, 0.6) is 5.75 Å². The van der Waals surface area contributed by atoms with E-state index in [0.29, 0.717) is 16.7 Å². The second-order valence-electron chi connectivity index (χ2n) is 8.62. The molecule has 0 aromatic heterocycles. The third kappa shape index (κ3) is 6.35. The molecular formula is C25H27NO5S. The minimum Gasteiger partial charge on any atom is -0.478 e. The van der Waals surface area contributed by atoms with E-state index in [1.807, 2.05) is 13.0 Å². The molecule has 0 fully saturated rings. The number of hydrogen-bond acceptors (Lipinski definition) is 5. The molecule has 0 aliphatic rings. The standard InChI is InChI=1S/C25H27NO5S/c1-6-7-18-11-12-21(32(5,29)30)15-19(18)9-10-20-14-17(16-26)8-13-22(20)31-23(24(27)28)25(2,3)4/h8,11-15,23H,6-7H2,1-5H3,(H,27,28). The summed E-state index contributed by atoms with van der Waals surface area (Å²) in [5.74, 6) is 5.11. The molecule has 2 aromatic rings. The molecule has 32 heavy (non-hydrogen) atoms. The second-order valence-corrected chi connectivity index (χ2v) is 10.6. The summed E-state index contributed by atoms with van der Waals surface area (Å²) in [5, 5.41) is 18.9. The van der Waals surface area contributed by atoms with Gasteiger partial charge in [0.1, 0.15) is 5.75 Å². The lowest BCUT2D eigenvalue weighted by Crippen LogP contribution is -2.39. The van der Waals surface area contributed by atoms with Crippen molar-refractivity contribution in [2.24, 2.45) is 5.41 Å². The highest BCUT2D eigenvalue weighted by Crippen LogP contribution is 2.28. The number of ether oxygens (including phenoxy) is 1. The van der Waals surface area contributed by atoms with Crippen molar-refractivity contribution in [3.8, 4) is 23.7 Å². The minimum absolute atomic E-state index is 0.169. The predicted octanol–water partition coefficient (Wildman–Crippen LogP) is 4.19. The Morgan fingerprint density at radius 3 is 2.31 bits per heavy atom. The number of aryl methyl sites for hydroxylation is 1. The number of rotatable bonds is 6. The molecule has 168 valence electrons. The zero-order chi connectivity index (χ0) is 24.1. The zero-order valence-electron chi connectivity index (χ0n) is 18.9. The van der Waals surface area contributed by atoms with Gasteiger partial charge in [0.25, 0.3) is 0 Å². The van der Waals surface area contributed by atoms with E-state index in [2.05, 4.69) is 11.8 Å². The van der Waals surface area contributed by atoms with Gasteiger partial charge in [-0.25, -0.2) is 13.2 Å². The molecule has 0 amide bonds. The van der Waals surface area contributed by atoms with Gasteiger partial charge >= 0.3 is 5.97 Å². The summed E-state index contributed by atoms with van der Waals surface area (Å²) in [6.45, 7) is 7.29. The Labute approximate surface area is 189 Å². The number of sulfone groups is 1. The molecule has 0 bridgehead atoms. The summed E-state index contributed by atoms with van der Waals surface area (Å²) in [6.07, 6.45) is 1.60. The van der Waals surface area contributed by atoms with Crippen molar-refractivity contribution in [2.75, 3.05) is 6.26 Å². The van der Waals surface area contributed by atoms with E-state index in [9.17, 15) is 23.6 Å². The van der Waals surface area contributed by atoms with Gasteiger partial charge in [0.15, 0.2) is 15.9 Å². The maximum atomic E-state index is 12.0.